The van der Waals surface area contributed by atoms with Gasteiger partial charge in [-0.05, 0) is 43.1 Å². The molecule has 1 aliphatic heterocycles. The molecule has 0 amide bonds. The third-order valence-electron chi connectivity index (χ3n) is 5.90. The third kappa shape index (κ3) is 4.55. The zero-order chi connectivity index (χ0) is 23.3. The molecule has 32 heavy (non-hydrogen) atoms. The second-order valence-electron chi connectivity index (χ2n) is 7.62. The Morgan fingerprint density at radius 1 is 0.938 bits per heavy atom. The topological polar surface area (TPSA) is 86.7 Å². The van der Waals surface area contributed by atoms with Gasteiger partial charge in [-0.1, -0.05) is 12.1 Å². The molecule has 1 aliphatic rings. The SMILES string of the molecule is COc1cc(C(c2cccc(OC)c2OC)N2CCCC(C(=O)O)C2)cc(OC)c1OC. The summed E-state index contributed by atoms with van der Waals surface area (Å²) >= 11 is 0. The van der Waals surface area contributed by atoms with Crippen molar-refractivity contribution in [2.45, 2.75) is 18.9 Å². The van der Waals surface area contributed by atoms with Gasteiger partial charge in [-0.3, -0.25) is 9.69 Å². The van der Waals surface area contributed by atoms with Crippen LogP contribution >= 0.6 is 0 Å². The average Bonchev–Trinajstić information content (AvgIpc) is 2.83. The lowest BCUT2D eigenvalue weighted by Crippen LogP contribution is -2.41. The number of aliphatic carboxylic acids is 1. The monoisotopic (exact) mass is 445 g/mol. The summed E-state index contributed by atoms with van der Waals surface area (Å²) in [6.07, 6.45) is 1.44. The Balaban J connectivity index is 2.22. The largest absolute Gasteiger partial charge is 0.493 e. The fourth-order valence-electron chi connectivity index (χ4n) is 4.42. The van der Waals surface area contributed by atoms with Gasteiger partial charge in [0.15, 0.2) is 23.0 Å². The van der Waals surface area contributed by atoms with Crippen LogP contribution in [0.25, 0.3) is 0 Å². The Labute approximate surface area is 188 Å². The highest BCUT2D eigenvalue weighted by atomic mass is 16.5. The molecule has 0 radical (unpaired) electrons. The maximum atomic E-state index is 11.8. The molecule has 1 N–H and O–H groups in total. The van der Waals surface area contributed by atoms with Crippen LogP contribution in [-0.4, -0.2) is 64.6 Å². The van der Waals surface area contributed by atoms with Crippen molar-refractivity contribution in [1.29, 1.82) is 0 Å². The van der Waals surface area contributed by atoms with Crippen molar-refractivity contribution >= 4 is 5.97 Å². The Morgan fingerprint density at radius 2 is 1.56 bits per heavy atom. The minimum Gasteiger partial charge on any atom is -0.493 e. The molecule has 2 unspecified atom stereocenters. The lowest BCUT2D eigenvalue weighted by atomic mass is 9.90. The Kier molecular flexibility index (Phi) is 7.69. The number of hydrogen-bond acceptors (Lipinski definition) is 7. The highest BCUT2D eigenvalue weighted by Crippen LogP contribution is 2.46. The normalized spacial score (nSPS) is 17.3. The van der Waals surface area contributed by atoms with E-state index in [1.165, 1.54) is 0 Å². The number of rotatable bonds is 9. The molecule has 2 aromatic rings. The minimum absolute atomic E-state index is 0.309. The molecule has 0 aliphatic carbocycles. The summed E-state index contributed by atoms with van der Waals surface area (Å²) < 4.78 is 27.9. The van der Waals surface area contributed by atoms with Crippen LogP contribution in [0.3, 0.4) is 0 Å². The van der Waals surface area contributed by atoms with Gasteiger partial charge < -0.3 is 28.8 Å². The first-order valence-corrected chi connectivity index (χ1v) is 10.5. The molecule has 0 spiro atoms. The van der Waals surface area contributed by atoms with Gasteiger partial charge in [0.25, 0.3) is 0 Å². The summed E-state index contributed by atoms with van der Waals surface area (Å²) in [6.45, 7) is 1.16. The average molecular weight is 446 g/mol. The first-order chi connectivity index (χ1) is 15.5. The highest BCUT2D eigenvalue weighted by molar-refractivity contribution is 5.70. The van der Waals surface area contributed by atoms with E-state index in [9.17, 15) is 9.90 Å². The van der Waals surface area contributed by atoms with E-state index in [4.69, 9.17) is 23.7 Å². The smallest absolute Gasteiger partial charge is 0.307 e. The van der Waals surface area contributed by atoms with Crippen molar-refractivity contribution in [2.24, 2.45) is 5.92 Å². The fraction of sp³-hybridized carbons (Fsp3) is 0.458. The van der Waals surface area contributed by atoms with Gasteiger partial charge in [0, 0.05) is 12.1 Å². The molecule has 2 atom stereocenters. The van der Waals surface area contributed by atoms with E-state index in [1.807, 2.05) is 30.3 Å². The molecule has 0 saturated carbocycles. The van der Waals surface area contributed by atoms with Crippen molar-refractivity contribution in [3.05, 3.63) is 41.5 Å². The van der Waals surface area contributed by atoms with Gasteiger partial charge >= 0.3 is 5.97 Å². The molecular weight excluding hydrogens is 414 g/mol. The maximum absolute atomic E-state index is 11.8. The number of hydrogen-bond donors (Lipinski definition) is 1. The summed E-state index contributed by atoms with van der Waals surface area (Å²) in [4.78, 5) is 13.9. The number of piperidine rings is 1. The van der Waals surface area contributed by atoms with E-state index in [2.05, 4.69) is 4.90 Å². The van der Waals surface area contributed by atoms with E-state index in [1.54, 1.807) is 35.5 Å². The van der Waals surface area contributed by atoms with Gasteiger partial charge in [-0.15, -0.1) is 0 Å². The van der Waals surface area contributed by atoms with Gasteiger partial charge in [0.05, 0.1) is 47.5 Å². The number of carboxylic acid groups (broad SMARTS) is 1. The summed E-state index contributed by atoms with van der Waals surface area (Å²) in [7, 11) is 7.90. The van der Waals surface area contributed by atoms with Crippen molar-refractivity contribution < 1.29 is 33.6 Å². The van der Waals surface area contributed by atoms with Crippen LogP contribution in [-0.2, 0) is 4.79 Å². The van der Waals surface area contributed by atoms with E-state index >= 15 is 0 Å². The van der Waals surface area contributed by atoms with Crippen LogP contribution in [0.15, 0.2) is 30.3 Å². The van der Waals surface area contributed by atoms with Gasteiger partial charge in [0.2, 0.25) is 5.75 Å². The van der Waals surface area contributed by atoms with Gasteiger partial charge in [-0.2, -0.15) is 0 Å². The standard InChI is InChI=1S/C24H31NO7/c1-28-18-10-6-9-17(22(18)31-4)21(25-11-7-8-15(14-25)24(26)27)16-12-19(29-2)23(32-5)20(13-16)30-3/h6,9-10,12-13,15,21H,7-8,11,14H2,1-5H3,(H,26,27). The summed E-state index contributed by atoms with van der Waals surface area (Å²) in [5.74, 6) is 1.54. The van der Waals surface area contributed by atoms with E-state index in [0.717, 1.165) is 24.1 Å². The maximum Gasteiger partial charge on any atom is 0.307 e. The van der Waals surface area contributed by atoms with Crippen LogP contribution < -0.4 is 23.7 Å². The van der Waals surface area contributed by atoms with Crippen molar-refractivity contribution in [3.63, 3.8) is 0 Å². The number of para-hydroxylation sites is 1. The molecular formula is C24H31NO7. The Morgan fingerprint density at radius 3 is 2.09 bits per heavy atom. The van der Waals surface area contributed by atoms with Crippen molar-refractivity contribution in [3.8, 4) is 28.7 Å². The molecule has 8 nitrogen and oxygen atoms in total. The number of carboxylic acids is 1. The number of nitrogens with zero attached hydrogens (tertiary/aromatic N) is 1. The number of carbonyl (C=O) groups is 1. The Bertz CT molecular complexity index is 921. The van der Waals surface area contributed by atoms with Crippen molar-refractivity contribution in [1.82, 2.24) is 4.90 Å². The minimum atomic E-state index is -0.782. The van der Waals surface area contributed by atoms with Gasteiger partial charge in [-0.25, -0.2) is 0 Å². The lowest BCUT2D eigenvalue weighted by molar-refractivity contribution is -0.143. The van der Waals surface area contributed by atoms with Gasteiger partial charge in [0.1, 0.15) is 0 Å². The molecule has 8 heteroatoms. The first kappa shape index (κ1) is 23.5. The summed E-state index contributed by atoms with van der Waals surface area (Å²) in [5, 5.41) is 9.67. The first-order valence-electron chi connectivity index (χ1n) is 10.5. The highest BCUT2D eigenvalue weighted by Gasteiger charge is 2.34. The molecule has 1 fully saturated rings. The Hall–Kier alpha value is -3.13. The third-order valence-corrected chi connectivity index (χ3v) is 5.90. The molecule has 3 rings (SSSR count). The van der Waals surface area contributed by atoms with Crippen molar-refractivity contribution in [2.75, 3.05) is 48.6 Å². The zero-order valence-electron chi connectivity index (χ0n) is 19.2. The van der Waals surface area contributed by atoms with Crippen LogP contribution in [0.2, 0.25) is 0 Å². The quantitative estimate of drug-likeness (QED) is 0.626. The lowest BCUT2D eigenvalue weighted by Gasteiger charge is -2.38. The van der Waals surface area contributed by atoms with E-state index in [-0.39, 0.29) is 6.04 Å². The fourth-order valence-corrected chi connectivity index (χ4v) is 4.42. The van der Waals surface area contributed by atoms with E-state index < -0.39 is 11.9 Å². The predicted molar refractivity (Wildman–Crippen MR) is 119 cm³/mol. The second kappa shape index (κ2) is 10.5. The summed E-state index contributed by atoms with van der Waals surface area (Å²) in [6, 6.07) is 9.20. The molecule has 2 aromatic carbocycles. The van der Waals surface area contributed by atoms with Crippen LogP contribution in [0.4, 0.5) is 0 Å². The second-order valence-corrected chi connectivity index (χ2v) is 7.62. The predicted octanol–water partition coefficient (Wildman–Crippen LogP) is 3.62. The molecule has 0 bridgehead atoms. The molecule has 1 saturated heterocycles. The summed E-state index contributed by atoms with van der Waals surface area (Å²) in [5.41, 5.74) is 1.74. The molecule has 174 valence electrons. The number of likely N-dealkylation sites (tertiary alicyclic amines) is 1. The number of methoxy groups -OCH3 is 5. The number of ether oxygens (including phenoxy) is 5. The van der Waals surface area contributed by atoms with Crippen LogP contribution in [0, 0.1) is 5.92 Å². The molecule has 0 aromatic heterocycles. The molecule has 1 heterocycles. The van der Waals surface area contributed by atoms with Crippen LogP contribution in [0.5, 0.6) is 28.7 Å². The van der Waals surface area contributed by atoms with Crippen LogP contribution in [0.1, 0.15) is 30.0 Å². The zero-order valence-corrected chi connectivity index (χ0v) is 19.2. The number of benzene rings is 2. The van der Waals surface area contributed by atoms with E-state index in [0.29, 0.717) is 41.7 Å².